The first-order valence-corrected chi connectivity index (χ1v) is 5.37. The lowest BCUT2D eigenvalue weighted by Gasteiger charge is -2.00. The van der Waals surface area contributed by atoms with Gasteiger partial charge in [0.15, 0.2) is 0 Å². The minimum Gasteiger partial charge on any atom is -0.462 e. The number of aromatic nitrogens is 1. The zero-order valence-electron chi connectivity index (χ0n) is 8.61. The third-order valence-electron chi connectivity index (χ3n) is 1.70. The molecule has 1 aromatic heterocycles. The molecule has 0 unspecified atom stereocenters. The average molecular weight is 281 g/mol. The summed E-state index contributed by atoms with van der Waals surface area (Å²) < 4.78 is 5.32. The van der Waals surface area contributed by atoms with E-state index in [0.29, 0.717) is 10.2 Å². The first-order chi connectivity index (χ1) is 7.69. The SMILES string of the molecule is CCOC(=O)/C(C#N)=C/c1cccnc1Br. The Kier molecular flexibility index (Phi) is 4.67. The highest BCUT2D eigenvalue weighted by Crippen LogP contribution is 2.16. The molecule has 1 aromatic rings. The first-order valence-electron chi connectivity index (χ1n) is 4.58. The molecule has 0 bridgehead atoms. The van der Waals surface area contributed by atoms with E-state index in [0.717, 1.165) is 0 Å². The summed E-state index contributed by atoms with van der Waals surface area (Å²) in [6.45, 7) is 1.93. The second kappa shape index (κ2) is 6.03. The molecule has 0 spiro atoms. The number of halogens is 1. The van der Waals surface area contributed by atoms with Crippen molar-refractivity contribution in [2.24, 2.45) is 0 Å². The minimum atomic E-state index is -0.624. The summed E-state index contributed by atoms with van der Waals surface area (Å²) in [5.74, 6) is -0.624. The first kappa shape index (κ1) is 12.4. The van der Waals surface area contributed by atoms with Gasteiger partial charge in [-0.3, -0.25) is 0 Å². The van der Waals surface area contributed by atoms with Crippen LogP contribution in [0.15, 0.2) is 28.5 Å². The number of nitrogens with zero attached hydrogens (tertiary/aromatic N) is 2. The fourth-order valence-corrected chi connectivity index (χ4v) is 1.37. The fourth-order valence-electron chi connectivity index (χ4n) is 1.01. The van der Waals surface area contributed by atoms with E-state index in [1.165, 1.54) is 6.08 Å². The maximum atomic E-state index is 11.3. The van der Waals surface area contributed by atoms with Gasteiger partial charge in [-0.1, -0.05) is 6.07 Å². The lowest BCUT2D eigenvalue weighted by atomic mass is 10.2. The number of pyridine rings is 1. The maximum absolute atomic E-state index is 11.3. The minimum absolute atomic E-state index is 0.0458. The molecule has 4 nitrogen and oxygen atoms in total. The Morgan fingerprint density at radius 3 is 3.06 bits per heavy atom. The van der Waals surface area contributed by atoms with Gasteiger partial charge in [-0.15, -0.1) is 0 Å². The summed E-state index contributed by atoms with van der Waals surface area (Å²) in [5.41, 5.74) is 0.614. The van der Waals surface area contributed by atoms with Crippen LogP contribution in [0.4, 0.5) is 0 Å². The van der Waals surface area contributed by atoms with Gasteiger partial charge < -0.3 is 4.74 Å². The predicted octanol–water partition coefficient (Wildman–Crippen LogP) is 2.31. The molecule has 0 aliphatic heterocycles. The van der Waals surface area contributed by atoms with Crippen molar-refractivity contribution in [3.8, 4) is 6.07 Å². The van der Waals surface area contributed by atoms with Crippen LogP contribution in [-0.2, 0) is 9.53 Å². The van der Waals surface area contributed by atoms with E-state index < -0.39 is 5.97 Å². The molecule has 0 atom stereocenters. The predicted molar refractivity (Wildman–Crippen MR) is 62.2 cm³/mol. The van der Waals surface area contributed by atoms with Gasteiger partial charge in [0.05, 0.1) is 6.61 Å². The molecular weight excluding hydrogens is 272 g/mol. The Balaban J connectivity index is 3.02. The maximum Gasteiger partial charge on any atom is 0.348 e. The van der Waals surface area contributed by atoms with E-state index in [9.17, 15) is 4.79 Å². The van der Waals surface area contributed by atoms with Crippen LogP contribution in [0, 0.1) is 11.3 Å². The van der Waals surface area contributed by atoms with Crippen LogP contribution in [0.2, 0.25) is 0 Å². The molecule has 1 heterocycles. The van der Waals surface area contributed by atoms with E-state index in [2.05, 4.69) is 20.9 Å². The normalized spacial score (nSPS) is 10.7. The third-order valence-corrected chi connectivity index (χ3v) is 2.37. The number of ether oxygens (including phenoxy) is 1. The summed E-state index contributed by atoms with van der Waals surface area (Å²) >= 11 is 3.22. The van der Waals surface area contributed by atoms with Crippen molar-refractivity contribution < 1.29 is 9.53 Å². The molecule has 0 fully saturated rings. The summed E-state index contributed by atoms with van der Waals surface area (Å²) in [6, 6.07) is 5.26. The van der Waals surface area contributed by atoms with Gasteiger partial charge in [-0.05, 0) is 35.0 Å². The molecule has 5 heteroatoms. The summed E-state index contributed by atoms with van der Waals surface area (Å²) in [6.07, 6.45) is 3.05. The largest absolute Gasteiger partial charge is 0.462 e. The number of carbonyl (C=O) groups excluding carboxylic acids is 1. The highest BCUT2D eigenvalue weighted by atomic mass is 79.9. The van der Waals surface area contributed by atoms with Crippen LogP contribution >= 0.6 is 15.9 Å². The lowest BCUT2D eigenvalue weighted by Crippen LogP contribution is -2.06. The Morgan fingerprint density at radius 2 is 2.50 bits per heavy atom. The third kappa shape index (κ3) is 3.17. The van der Waals surface area contributed by atoms with Gasteiger partial charge in [-0.25, -0.2) is 9.78 Å². The van der Waals surface area contributed by atoms with Gasteiger partial charge in [0.25, 0.3) is 0 Å². The summed E-state index contributed by atoms with van der Waals surface area (Å²) in [7, 11) is 0. The van der Waals surface area contributed by atoms with Gasteiger partial charge in [0, 0.05) is 11.8 Å². The van der Waals surface area contributed by atoms with E-state index >= 15 is 0 Å². The van der Waals surface area contributed by atoms with Crippen molar-refractivity contribution >= 4 is 28.0 Å². The zero-order chi connectivity index (χ0) is 12.0. The van der Waals surface area contributed by atoms with Crippen LogP contribution < -0.4 is 0 Å². The Labute approximate surface area is 102 Å². The molecule has 0 radical (unpaired) electrons. The number of carbonyl (C=O) groups is 1. The quantitative estimate of drug-likeness (QED) is 0.369. The molecule has 0 aliphatic rings. The smallest absolute Gasteiger partial charge is 0.348 e. The molecule has 0 amide bonds. The summed E-state index contributed by atoms with van der Waals surface area (Å²) in [4.78, 5) is 15.3. The van der Waals surface area contributed by atoms with Crippen molar-refractivity contribution in [1.29, 1.82) is 5.26 Å². The van der Waals surface area contributed by atoms with Gasteiger partial charge in [0.2, 0.25) is 0 Å². The highest BCUT2D eigenvalue weighted by Gasteiger charge is 2.10. The van der Waals surface area contributed by atoms with Crippen LogP contribution in [0.1, 0.15) is 12.5 Å². The fraction of sp³-hybridized carbons (Fsp3) is 0.182. The van der Waals surface area contributed by atoms with Crippen molar-refractivity contribution in [1.82, 2.24) is 4.98 Å². The number of esters is 1. The monoisotopic (exact) mass is 280 g/mol. The molecule has 0 aromatic carbocycles. The number of nitriles is 1. The highest BCUT2D eigenvalue weighted by molar-refractivity contribution is 9.10. The van der Waals surface area contributed by atoms with E-state index in [4.69, 9.17) is 10.00 Å². The molecule has 0 aliphatic carbocycles. The number of hydrogen-bond acceptors (Lipinski definition) is 4. The molecule has 82 valence electrons. The van der Waals surface area contributed by atoms with Gasteiger partial charge in [0.1, 0.15) is 16.2 Å². The van der Waals surface area contributed by atoms with E-state index in [1.54, 1.807) is 31.3 Å². The topological polar surface area (TPSA) is 63.0 Å². The molecule has 1 rings (SSSR count). The second-order valence-electron chi connectivity index (χ2n) is 2.77. The van der Waals surface area contributed by atoms with Crippen molar-refractivity contribution in [3.63, 3.8) is 0 Å². The standard InChI is InChI=1S/C11H9BrN2O2/c1-2-16-11(15)9(7-13)6-8-4-3-5-14-10(8)12/h3-6H,2H2,1H3/b9-6+. The second-order valence-corrected chi connectivity index (χ2v) is 3.52. The van der Waals surface area contributed by atoms with E-state index in [-0.39, 0.29) is 12.2 Å². The Bertz CT molecular complexity index is 463. The molecule has 0 saturated heterocycles. The van der Waals surface area contributed by atoms with Crippen LogP contribution in [-0.4, -0.2) is 17.6 Å². The summed E-state index contributed by atoms with van der Waals surface area (Å²) in [5, 5.41) is 8.82. The average Bonchev–Trinajstić information content (AvgIpc) is 2.28. The van der Waals surface area contributed by atoms with Gasteiger partial charge in [-0.2, -0.15) is 5.26 Å². The van der Waals surface area contributed by atoms with Crippen molar-refractivity contribution in [2.45, 2.75) is 6.92 Å². The molecule has 0 N–H and O–H groups in total. The van der Waals surface area contributed by atoms with Gasteiger partial charge >= 0.3 is 5.97 Å². The number of rotatable bonds is 3. The van der Waals surface area contributed by atoms with Crippen LogP contribution in [0.3, 0.4) is 0 Å². The van der Waals surface area contributed by atoms with E-state index in [1.807, 2.05) is 0 Å². The Morgan fingerprint density at radius 1 is 1.75 bits per heavy atom. The lowest BCUT2D eigenvalue weighted by molar-refractivity contribution is -0.137. The number of hydrogen-bond donors (Lipinski definition) is 0. The van der Waals surface area contributed by atoms with Crippen molar-refractivity contribution in [3.05, 3.63) is 34.1 Å². The van der Waals surface area contributed by atoms with Crippen LogP contribution in [0.5, 0.6) is 0 Å². The van der Waals surface area contributed by atoms with Crippen LogP contribution in [0.25, 0.3) is 6.08 Å². The molecular formula is C11H9BrN2O2. The molecule has 16 heavy (non-hydrogen) atoms. The molecule has 0 saturated carbocycles. The zero-order valence-corrected chi connectivity index (χ0v) is 10.2. The Hall–Kier alpha value is -1.67. The van der Waals surface area contributed by atoms with Crippen molar-refractivity contribution in [2.75, 3.05) is 6.61 Å².